The molecule has 1 aromatic heterocycles. The lowest BCUT2D eigenvalue weighted by Gasteiger charge is -2.38. The van der Waals surface area contributed by atoms with Gasteiger partial charge in [-0.3, -0.25) is 9.59 Å². The number of carbonyl (C=O) groups is 2. The van der Waals surface area contributed by atoms with Gasteiger partial charge in [-0.1, -0.05) is 32.4 Å². The van der Waals surface area contributed by atoms with Crippen molar-refractivity contribution < 1.29 is 14.0 Å². The Morgan fingerprint density at radius 1 is 1.23 bits per heavy atom. The molecule has 30 heavy (non-hydrogen) atoms. The van der Waals surface area contributed by atoms with Crippen molar-refractivity contribution in [3.05, 3.63) is 57.5 Å². The molecule has 2 unspecified atom stereocenters. The van der Waals surface area contributed by atoms with E-state index in [2.05, 4.69) is 18.4 Å². The van der Waals surface area contributed by atoms with Crippen LogP contribution in [-0.4, -0.2) is 40.7 Å². The lowest BCUT2D eigenvalue weighted by atomic mass is 9.93. The minimum absolute atomic E-state index is 0.0177. The summed E-state index contributed by atoms with van der Waals surface area (Å²) < 4.78 is 13.5. The van der Waals surface area contributed by atoms with Crippen molar-refractivity contribution in [2.24, 2.45) is 0 Å². The van der Waals surface area contributed by atoms with E-state index in [0.29, 0.717) is 13.0 Å². The topological polar surface area (TPSA) is 40.6 Å². The molecule has 6 heteroatoms. The molecule has 1 aliphatic rings. The molecule has 2 heterocycles. The predicted octanol–water partition coefficient (Wildman–Crippen LogP) is 5.18. The van der Waals surface area contributed by atoms with Crippen LogP contribution in [0, 0.1) is 5.82 Å². The molecule has 2 aromatic rings. The lowest BCUT2D eigenvalue weighted by molar-refractivity contribution is -0.143. The van der Waals surface area contributed by atoms with Crippen molar-refractivity contribution in [1.82, 2.24) is 9.80 Å². The Bertz CT molecular complexity index is 864. The van der Waals surface area contributed by atoms with Crippen molar-refractivity contribution in [2.75, 3.05) is 13.1 Å². The Morgan fingerprint density at radius 3 is 2.63 bits per heavy atom. The molecule has 0 radical (unpaired) electrons. The third-order valence-electron chi connectivity index (χ3n) is 5.97. The quantitative estimate of drug-likeness (QED) is 0.579. The van der Waals surface area contributed by atoms with Gasteiger partial charge >= 0.3 is 0 Å². The molecule has 2 amide bonds. The highest BCUT2D eigenvalue weighted by Crippen LogP contribution is 2.38. The van der Waals surface area contributed by atoms with Crippen molar-refractivity contribution >= 4 is 23.2 Å². The van der Waals surface area contributed by atoms with Gasteiger partial charge in [0.25, 0.3) is 0 Å². The van der Waals surface area contributed by atoms with Gasteiger partial charge in [0.1, 0.15) is 12.4 Å². The maximum atomic E-state index is 13.5. The number of unbranched alkanes of at least 4 members (excludes halogenated alkanes) is 1. The van der Waals surface area contributed by atoms with Crippen LogP contribution in [0.15, 0.2) is 35.7 Å². The number of benzene rings is 1. The van der Waals surface area contributed by atoms with E-state index in [-0.39, 0.29) is 36.3 Å². The SMILES string of the molecule is CCCCC(=O)N(CC(=O)N1CCc2sccc2C1c1ccc(F)cc1)C(C)CC. The number of carbonyl (C=O) groups excluding carboxylic acids is 2. The largest absolute Gasteiger partial charge is 0.331 e. The highest BCUT2D eigenvalue weighted by Gasteiger charge is 2.34. The fourth-order valence-corrected chi connectivity index (χ4v) is 4.91. The number of fused-ring (bicyclic) bond motifs is 1. The Kier molecular flexibility index (Phi) is 7.64. The van der Waals surface area contributed by atoms with Crippen LogP contribution < -0.4 is 0 Å². The molecule has 0 fully saturated rings. The van der Waals surface area contributed by atoms with Crippen molar-refractivity contribution in [3.8, 4) is 0 Å². The number of hydrogen-bond donors (Lipinski definition) is 0. The first-order valence-electron chi connectivity index (χ1n) is 10.9. The van der Waals surface area contributed by atoms with E-state index in [0.717, 1.165) is 36.8 Å². The van der Waals surface area contributed by atoms with Gasteiger partial charge in [0.15, 0.2) is 0 Å². The van der Waals surface area contributed by atoms with E-state index in [9.17, 15) is 14.0 Å². The van der Waals surface area contributed by atoms with Crippen molar-refractivity contribution in [2.45, 2.75) is 65.0 Å². The minimum atomic E-state index is -0.289. The third-order valence-corrected chi connectivity index (χ3v) is 6.96. The van der Waals surface area contributed by atoms with E-state index in [1.54, 1.807) is 28.4 Å². The average Bonchev–Trinajstić information content (AvgIpc) is 3.24. The fourth-order valence-electron chi connectivity index (χ4n) is 4.01. The molecule has 0 spiro atoms. The van der Waals surface area contributed by atoms with E-state index in [1.165, 1.54) is 17.0 Å². The summed E-state index contributed by atoms with van der Waals surface area (Å²) in [4.78, 5) is 31.1. The standard InChI is InChI=1S/C24H31FN2O2S/c1-4-6-7-22(28)27(17(3)5-2)16-23(29)26-14-12-21-20(13-15-30-21)24(26)18-8-10-19(25)11-9-18/h8-11,13,15,17,24H,4-7,12,14,16H2,1-3H3. The van der Waals surface area contributed by atoms with Crippen LogP contribution in [0.5, 0.6) is 0 Å². The first-order valence-corrected chi connectivity index (χ1v) is 11.7. The van der Waals surface area contributed by atoms with Crippen molar-refractivity contribution in [1.29, 1.82) is 0 Å². The van der Waals surface area contributed by atoms with Gasteiger partial charge in [-0.2, -0.15) is 0 Å². The van der Waals surface area contributed by atoms with Gasteiger partial charge in [0.2, 0.25) is 11.8 Å². The third kappa shape index (κ3) is 4.91. The molecule has 3 rings (SSSR count). The predicted molar refractivity (Wildman–Crippen MR) is 119 cm³/mol. The summed E-state index contributed by atoms with van der Waals surface area (Å²) in [7, 11) is 0. The second-order valence-corrected chi connectivity index (χ2v) is 8.97. The maximum absolute atomic E-state index is 13.5. The zero-order valence-electron chi connectivity index (χ0n) is 18.1. The molecule has 1 aromatic carbocycles. The van der Waals surface area contributed by atoms with E-state index >= 15 is 0 Å². The molecular weight excluding hydrogens is 399 g/mol. The summed E-state index contributed by atoms with van der Waals surface area (Å²) in [6.07, 6.45) is 3.88. The van der Waals surface area contributed by atoms with Gasteiger partial charge in [-0.15, -0.1) is 11.3 Å². The summed E-state index contributed by atoms with van der Waals surface area (Å²) in [5.74, 6) is -0.292. The average molecular weight is 431 g/mol. The summed E-state index contributed by atoms with van der Waals surface area (Å²) in [6, 6.07) is 8.24. The summed E-state index contributed by atoms with van der Waals surface area (Å²) in [5, 5.41) is 2.05. The van der Waals surface area contributed by atoms with E-state index < -0.39 is 0 Å². The van der Waals surface area contributed by atoms with Crippen LogP contribution in [0.3, 0.4) is 0 Å². The van der Waals surface area contributed by atoms with Gasteiger partial charge in [-0.25, -0.2) is 4.39 Å². The van der Waals surface area contributed by atoms with Crippen LogP contribution in [0.25, 0.3) is 0 Å². The van der Waals surface area contributed by atoms with Gasteiger partial charge < -0.3 is 9.80 Å². The molecule has 0 N–H and O–H groups in total. The molecule has 0 saturated heterocycles. The monoisotopic (exact) mass is 430 g/mol. The zero-order chi connectivity index (χ0) is 21.7. The van der Waals surface area contributed by atoms with E-state index in [1.807, 2.05) is 18.7 Å². The summed E-state index contributed by atoms with van der Waals surface area (Å²) >= 11 is 1.70. The number of amides is 2. The number of hydrogen-bond acceptors (Lipinski definition) is 3. The second-order valence-electron chi connectivity index (χ2n) is 7.97. The van der Waals surface area contributed by atoms with Gasteiger partial charge in [0.05, 0.1) is 6.04 Å². The number of halogens is 1. The highest BCUT2D eigenvalue weighted by molar-refractivity contribution is 7.10. The zero-order valence-corrected chi connectivity index (χ0v) is 18.9. The van der Waals surface area contributed by atoms with Crippen LogP contribution in [-0.2, 0) is 16.0 Å². The van der Waals surface area contributed by atoms with Crippen LogP contribution in [0.4, 0.5) is 4.39 Å². The smallest absolute Gasteiger partial charge is 0.243 e. The van der Waals surface area contributed by atoms with Crippen LogP contribution in [0.2, 0.25) is 0 Å². The van der Waals surface area contributed by atoms with Gasteiger partial charge in [0, 0.05) is 23.9 Å². The normalized spacial score (nSPS) is 16.8. The molecule has 0 aliphatic carbocycles. The van der Waals surface area contributed by atoms with Crippen LogP contribution in [0.1, 0.15) is 68.5 Å². The number of thiophene rings is 1. The lowest BCUT2D eigenvalue weighted by Crippen LogP contribution is -2.49. The fraction of sp³-hybridized carbons (Fsp3) is 0.500. The molecule has 4 nitrogen and oxygen atoms in total. The molecule has 1 aliphatic heterocycles. The number of rotatable bonds is 8. The Labute approximate surface area is 182 Å². The first-order chi connectivity index (χ1) is 14.5. The van der Waals surface area contributed by atoms with Gasteiger partial charge in [-0.05, 0) is 60.9 Å². The molecular formula is C24H31FN2O2S. The molecule has 2 atom stereocenters. The number of nitrogens with zero attached hydrogens (tertiary/aromatic N) is 2. The van der Waals surface area contributed by atoms with Crippen LogP contribution >= 0.6 is 11.3 Å². The molecule has 0 saturated carbocycles. The Balaban J connectivity index is 1.86. The Morgan fingerprint density at radius 2 is 1.97 bits per heavy atom. The Hall–Kier alpha value is -2.21. The van der Waals surface area contributed by atoms with E-state index in [4.69, 9.17) is 0 Å². The summed E-state index contributed by atoms with van der Waals surface area (Å²) in [5.41, 5.74) is 2.01. The summed E-state index contributed by atoms with van der Waals surface area (Å²) in [6.45, 7) is 6.79. The highest BCUT2D eigenvalue weighted by atomic mass is 32.1. The maximum Gasteiger partial charge on any atom is 0.243 e. The molecule has 0 bridgehead atoms. The second kappa shape index (κ2) is 10.2. The molecule has 162 valence electrons. The minimum Gasteiger partial charge on any atom is -0.331 e. The first kappa shape index (κ1) is 22.5. The van der Waals surface area contributed by atoms with Crippen molar-refractivity contribution in [3.63, 3.8) is 0 Å².